The number of carbonyl (C=O) groups is 1. The van der Waals surface area contributed by atoms with Crippen molar-refractivity contribution < 1.29 is 14.4 Å². The van der Waals surface area contributed by atoms with Gasteiger partial charge in [0.25, 0.3) is 0 Å². The van der Waals surface area contributed by atoms with Crippen molar-refractivity contribution in [1.29, 1.82) is 0 Å². The van der Waals surface area contributed by atoms with E-state index in [0.717, 1.165) is 5.56 Å². The third kappa shape index (κ3) is 4.73. The molecule has 0 aromatic heterocycles. The van der Waals surface area contributed by atoms with Crippen molar-refractivity contribution in [3.05, 3.63) is 64.7 Å². The van der Waals surface area contributed by atoms with Gasteiger partial charge in [-0.3, -0.25) is 0 Å². The van der Waals surface area contributed by atoms with Crippen LogP contribution < -0.4 is 10.5 Å². The van der Waals surface area contributed by atoms with Crippen LogP contribution >= 0.6 is 11.6 Å². The maximum absolute atomic E-state index is 12.2. The fourth-order valence-corrected chi connectivity index (χ4v) is 2.02. The Morgan fingerprint density at radius 3 is 2.46 bits per heavy atom. The van der Waals surface area contributed by atoms with E-state index in [9.17, 15) is 4.79 Å². The third-order valence-electron chi connectivity index (χ3n) is 3.22. The van der Waals surface area contributed by atoms with Gasteiger partial charge in [-0.25, -0.2) is 4.79 Å². The van der Waals surface area contributed by atoms with Crippen LogP contribution in [0.2, 0.25) is 5.02 Å². The normalized spacial score (nSPS) is 11.9. The van der Waals surface area contributed by atoms with Crippen LogP contribution in [-0.4, -0.2) is 17.4 Å². The van der Waals surface area contributed by atoms with E-state index in [0.29, 0.717) is 16.3 Å². The number of hydrogen-bond acceptors (Lipinski definition) is 4. The molecule has 0 heterocycles. The summed E-state index contributed by atoms with van der Waals surface area (Å²) in [6, 6.07) is 14.1. The van der Waals surface area contributed by atoms with Crippen LogP contribution in [0.25, 0.3) is 0 Å². The van der Waals surface area contributed by atoms with E-state index in [1.807, 2.05) is 25.1 Å². The molecule has 5 nitrogen and oxygen atoms in total. The lowest BCUT2D eigenvalue weighted by molar-refractivity contribution is -0.159. The smallest absolute Gasteiger partial charge is 0.377 e. The summed E-state index contributed by atoms with van der Waals surface area (Å²) in [6.45, 7) is 5.11. The first-order chi connectivity index (χ1) is 11.3. The molecule has 2 aromatic carbocycles. The molecule has 0 saturated heterocycles. The van der Waals surface area contributed by atoms with Crippen LogP contribution in [0.4, 0.5) is 0 Å². The van der Waals surface area contributed by atoms with Crippen LogP contribution in [0.3, 0.4) is 0 Å². The topological polar surface area (TPSA) is 73.9 Å². The summed E-state index contributed by atoms with van der Waals surface area (Å²) in [4.78, 5) is 17.1. The van der Waals surface area contributed by atoms with Gasteiger partial charge < -0.3 is 15.3 Å². The van der Waals surface area contributed by atoms with E-state index in [4.69, 9.17) is 26.9 Å². The molecular weight excluding hydrogens is 328 g/mol. The molecule has 126 valence electrons. The highest BCUT2D eigenvalue weighted by Crippen LogP contribution is 2.21. The van der Waals surface area contributed by atoms with Crippen molar-refractivity contribution in [1.82, 2.24) is 0 Å². The van der Waals surface area contributed by atoms with Crippen LogP contribution in [0, 0.1) is 6.92 Å². The number of ether oxygens (including phenoxy) is 1. The Bertz CT molecular complexity index is 755. The number of hydrogen-bond donors (Lipinski definition) is 1. The molecule has 0 aliphatic heterocycles. The Balaban J connectivity index is 2.04. The molecule has 0 fully saturated rings. The summed E-state index contributed by atoms with van der Waals surface area (Å²) in [5.41, 5.74) is 6.32. The second-order valence-electron chi connectivity index (χ2n) is 5.79. The van der Waals surface area contributed by atoms with Gasteiger partial charge in [0, 0.05) is 10.6 Å². The molecule has 0 aliphatic rings. The summed E-state index contributed by atoms with van der Waals surface area (Å²) in [7, 11) is 0. The zero-order valence-corrected chi connectivity index (χ0v) is 14.5. The number of rotatable bonds is 5. The van der Waals surface area contributed by atoms with Gasteiger partial charge in [0.2, 0.25) is 5.60 Å². The van der Waals surface area contributed by atoms with Gasteiger partial charge in [0.1, 0.15) is 5.75 Å². The molecule has 0 bridgehead atoms. The molecule has 6 heteroatoms. The predicted molar refractivity (Wildman–Crippen MR) is 94.2 cm³/mol. The lowest BCUT2D eigenvalue weighted by atomic mass is 10.1. The van der Waals surface area contributed by atoms with Crippen molar-refractivity contribution in [3.8, 4) is 5.75 Å². The molecule has 2 aromatic rings. The molecule has 0 spiro atoms. The number of benzene rings is 2. The minimum Gasteiger partial charge on any atom is -0.476 e. The highest BCUT2D eigenvalue weighted by atomic mass is 35.5. The second kappa shape index (κ2) is 7.36. The first-order valence-corrected chi connectivity index (χ1v) is 7.72. The van der Waals surface area contributed by atoms with Crippen LogP contribution in [0.1, 0.15) is 25.0 Å². The Labute approximate surface area is 146 Å². The SMILES string of the molecule is Cc1cccc(/C(N)=N/OC(=O)C(C)(C)Oc2ccc(Cl)cc2)c1. The first kappa shape index (κ1) is 17.8. The fourth-order valence-electron chi connectivity index (χ4n) is 1.90. The average Bonchev–Trinajstić information content (AvgIpc) is 2.54. The van der Waals surface area contributed by atoms with Crippen LogP contribution in [0.5, 0.6) is 5.75 Å². The quantitative estimate of drug-likeness (QED) is 0.388. The summed E-state index contributed by atoms with van der Waals surface area (Å²) in [5, 5.41) is 4.28. The minimum absolute atomic E-state index is 0.120. The van der Waals surface area contributed by atoms with Gasteiger partial charge in [-0.05, 0) is 51.1 Å². The Hall–Kier alpha value is -2.53. The number of nitrogens with zero attached hydrogens (tertiary/aromatic N) is 1. The van der Waals surface area contributed by atoms with Crippen molar-refractivity contribution in [2.45, 2.75) is 26.4 Å². The maximum Gasteiger partial charge on any atom is 0.377 e. The lowest BCUT2D eigenvalue weighted by Crippen LogP contribution is -2.39. The molecule has 0 amide bonds. The van der Waals surface area contributed by atoms with Crippen molar-refractivity contribution in [2.75, 3.05) is 0 Å². The van der Waals surface area contributed by atoms with Crippen molar-refractivity contribution in [2.24, 2.45) is 10.9 Å². The minimum atomic E-state index is -1.23. The molecule has 24 heavy (non-hydrogen) atoms. The van der Waals surface area contributed by atoms with E-state index < -0.39 is 11.6 Å². The van der Waals surface area contributed by atoms with E-state index in [-0.39, 0.29) is 5.84 Å². The highest BCUT2D eigenvalue weighted by Gasteiger charge is 2.32. The van der Waals surface area contributed by atoms with Gasteiger partial charge in [-0.2, -0.15) is 0 Å². The molecular formula is C18H19ClN2O3. The van der Waals surface area contributed by atoms with E-state index in [1.165, 1.54) is 0 Å². The second-order valence-corrected chi connectivity index (χ2v) is 6.23. The van der Waals surface area contributed by atoms with E-state index >= 15 is 0 Å². The predicted octanol–water partition coefficient (Wildman–Crippen LogP) is 3.67. The van der Waals surface area contributed by atoms with E-state index in [2.05, 4.69) is 5.16 Å². The van der Waals surface area contributed by atoms with Crippen LogP contribution in [-0.2, 0) is 9.63 Å². The first-order valence-electron chi connectivity index (χ1n) is 7.34. The number of amidine groups is 1. The summed E-state index contributed by atoms with van der Waals surface area (Å²) in [5.74, 6) is -0.0422. The van der Waals surface area contributed by atoms with Gasteiger partial charge in [0.05, 0.1) is 0 Å². The number of oxime groups is 1. The van der Waals surface area contributed by atoms with Crippen LogP contribution in [0.15, 0.2) is 53.7 Å². The van der Waals surface area contributed by atoms with Gasteiger partial charge in [0.15, 0.2) is 5.84 Å². The largest absolute Gasteiger partial charge is 0.476 e. The van der Waals surface area contributed by atoms with E-state index in [1.54, 1.807) is 44.2 Å². The highest BCUT2D eigenvalue weighted by molar-refractivity contribution is 6.30. The average molecular weight is 347 g/mol. The standard InChI is InChI=1S/C18H19ClN2O3/c1-12-5-4-6-13(11-12)16(20)21-24-17(22)18(2,3)23-15-9-7-14(19)8-10-15/h4-11H,1-3H3,(H2,20,21). The van der Waals surface area contributed by atoms with Gasteiger partial charge in [-0.15, -0.1) is 0 Å². The Morgan fingerprint density at radius 1 is 1.17 bits per heavy atom. The van der Waals surface area contributed by atoms with Crippen molar-refractivity contribution >= 4 is 23.4 Å². The summed E-state index contributed by atoms with van der Waals surface area (Å²) >= 11 is 5.82. The van der Waals surface area contributed by atoms with Gasteiger partial charge in [-0.1, -0.05) is 40.5 Å². The summed E-state index contributed by atoms with van der Waals surface area (Å²) in [6.07, 6.45) is 0. The summed E-state index contributed by atoms with van der Waals surface area (Å²) < 4.78 is 5.63. The number of carbonyl (C=O) groups excluding carboxylic acids is 1. The number of halogens is 1. The van der Waals surface area contributed by atoms with Gasteiger partial charge >= 0.3 is 5.97 Å². The lowest BCUT2D eigenvalue weighted by Gasteiger charge is -2.22. The molecule has 0 atom stereocenters. The van der Waals surface area contributed by atoms with Crippen molar-refractivity contribution in [3.63, 3.8) is 0 Å². The third-order valence-corrected chi connectivity index (χ3v) is 3.47. The molecule has 0 saturated carbocycles. The Morgan fingerprint density at radius 2 is 1.83 bits per heavy atom. The zero-order valence-electron chi connectivity index (χ0n) is 13.7. The molecule has 0 unspecified atom stereocenters. The molecule has 0 radical (unpaired) electrons. The molecule has 2 rings (SSSR count). The Kier molecular flexibility index (Phi) is 5.46. The zero-order chi connectivity index (χ0) is 17.7. The molecule has 0 aliphatic carbocycles. The maximum atomic E-state index is 12.2. The number of nitrogens with two attached hydrogens (primary N) is 1. The molecule has 2 N–H and O–H groups in total. The number of aryl methyl sites for hydroxylation is 1. The monoisotopic (exact) mass is 346 g/mol. The fraction of sp³-hybridized carbons (Fsp3) is 0.222.